The summed E-state index contributed by atoms with van der Waals surface area (Å²) in [4.78, 5) is 23.9. The standard InChI is InChI=1S/C20H28N4O4/c1-23(13-17-21-9-10-22-17)14-20(26)8-5-11-24(19(20)25)12-15-6-4-7-16(27-2)18(15)28-3/h4,6-7,9-10,26H,5,8,11-14H2,1-3H3,(H,21,22). The number of ether oxygens (including phenoxy) is 2. The fourth-order valence-corrected chi connectivity index (χ4v) is 3.79. The summed E-state index contributed by atoms with van der Waals surface area (Å²) in [5, 5.41) is 11.1. The van der Waals surface area contributed by atoms with Crippen molar-refractivity contribution < 1.29 is 19.4 Å². The van der Waals surface area contributed by atoms with E-state index in [4.69, 9.17) is 9.47 Å². The molecule has 8 nitrogen and oxygen atoms in total. The van der Waals surface area contributed by atoms with Crippen molar-refractivity contribution in [3.63, 3.8) is 0 Å². The Morgan fingerprint density at radius 3 is 2.86 bits per heavy atom. The summed E-state index contributed by atoms with van der Waals surface area (Å²) in [5.74, 6) is 1.78. The number of hydrogen-bond acceptors (Lipinski definition) is 6. The number of carbonyl (C=O) groups excluding carboxylic acids is 1. The number of amides is 1. The maximum atomic E-state index is 13.1. The van der Waals surface area contributed by atoms with E-state index in [2.05, 4.69) is 9.97 Å². The summed E-state index contributed by atoms with van der Waals surface area (Å²) in [7, 11) is 5.04. The van der Waals surface area contributed by atoms with Gasteiger partial charge in [-0.2, -0.15) is 0 Å². The minimum absolute atomic E-state index is 0.248. The number of likely N-dealkylation sites (N-methyl/N-ethyl adjacent to an activating group) is 1. The molecule has 28 heavy (non-hydrogen) atoms. The number of para-hydroxylation sites is 1. The van der Waals surface area contributed by atoms with Gasteiger partial charge in [0.1, 0.15) is 5.82 Å². The summed E-state index contributed by atoms with van der Waals surface area (Å²) in [6, 6.07) is 5.60. The lowest BCUT2D eigenvalue weighted by molar-refractivity contribution is -0.160. The minimum atomic E-state index is -1.41. The average molecular weight is 388 g/mol. The zero-order valence-corrected chi connectivity index (χ0v) is 16.6. The number of nitrogens with zero attached hydrogens (tertiary/aromatic N) is 3. The zero-order chi connectivity index (χ0) is 20.1. The third-order valence-corrected chi connectivity index (χ3v) is 5.06. The normalized spacial score (nSPS) is 19.9. The number of aromatic amines is 1. The summed E-state index contributed by atoms with van der Waals surface area (Å²) < 4.78 is 10.8. The molecular weight excluding hydrogens is 360 g/mol. The van der Waals surface area contributed by atoms with Gasteiger partial charge in [0.2, 0.25) is 0 Å². The van der Waals surface area contributed by atoms with Gasteiger partial charge in [-0.05, 0) is 26.0 Å². The molecule has 2 N–H and O–H groups in total. The van der Waals surface area contributed by atoms with Crippen LogP contribution in [0, 0.1) is 0 Å². The molecule has 8 heteroatoms. The maximum Gasteiger partial charge on any atom is 0.256 e. The van der Waals surface area contributed by atoms with Gasteiger partial charge < -0.3 is 24.5 Å². The largest absolute Gasteiger partial charge is 0.493 e. The number of imidazole rings is 1. The number of aromatic nitrogens is 2. The molecule has 1 fully saturated rings. The molecule has 1 aliphatic heterocycles. The quantitative estimate of drug-likeness (QED) is 0.711. The van der Waals surface area contributed by atoms with Crippen molar-refractivity contribution >= 4 is 5.91 Å². The van der Waals surface area contributed by atoms with Gasteiger partial charge in [-0.3, -0.25) is 9.69 Å². The Labute approximate surface area is 165 Å². The molecule has 3 rings (SSSR count). The van der Waals surface area contributed by atoms with Crippen LogP contribution in [0.4, 0.5) is 0 Å². The highest BCUT2D eigenvalue weighted by atomic mass is 16.5. The minimum Gasteiger partial charge on any atom is -0.493 e. The molecule has 152 valence electrons. The number of rotatable bonds is 8. The third kappa shape index (κ3) is 4.28. The van der Waals surface area contributed by atoms with Gasteiger partial charge in [-0.25, -0.2) is 4.98 Å². The number of likely N-dealkylation sites (tertiary alicyclic amines) is 1. The second-order valence-corrected chi connectivity index (χ2v) is 7.22. The molecule has 0 radical (unpaired) electrons. The number of carbonyl (C=O) groups is 1. The highest BCUT2D eigenvalue weighted by molar-refractivity contribution is 5.86. The molecule has 0 saturated carbocycles. The topological polar surface area (TPSA) is 90.9 Å². The molecule has 1 unspecified atom stereocenters. The first-order valence-electron chi connectivity index (χ1n) is 9.35. The lowest BCUT2D eigenvalue weighted by atomic mass is 9.90. The van der Waals surface area contributed by atoms with Crippen LogP contribution in [0.15, 0.2) is 30.6 Å². The first kappa shape index (κ1) is 20.2. The second-order valence-electron chi connectivity index (χ2n) is 7.22. The van der Waals surface area contributed by atoms with Gasteiger partial charge in [0.05, 0.1) is 20.8 Å². The lowest BCUT2D eigenvalue weighted by Crippen LogP contribution is -2.57. The number of piperidine rings is 1. The molecule has 0 aliphatic carbocycles. The Morgan fingerprint density at radius 2 is 2.18 bits per heavy atom. The van der Waals surface area contributed by atoms with Crippen LogP contribution in [-0.4, -0.2) is 70.7 Å². The van der Waals surface area contributed by atoms with Crippen molar-refractivity contribution in [2.45, 2.75) is 31.5 Å². The molecule has 2 heterocycles. The number of methoxy groups -OCH3 is 2. The van der Waals surface area contributed by atoms with Crippen LogP contribution in [0.25, 0.3) is 0 Å². The van der Waals surface area contributed by atoms with Gasteiger partial charge in [-0.15, -0.1) is 0 Å². The summed E-state index contributed by atoms with van der Waals surface area (Å²) in [5.41, 5.74) is -0.561. The zero-order valence-electron chi connectivity index (χ0n) is 16.6. The van der Waals surface area contributed by atoms with Gasteiger partial charge in [0.15, 0.2) is 17.1 Å². The average Bonchev–Trinajstić information content (AvgIpc) is 3.18. The molecule has 1 aromatic heterocycles. The highest BCUT2D eigenvalue weighted by Crippen LogP contribution is 2.33. The van der Waals surface area contributed by atoms with E-state index in [-0.39, 0.29) is 12.5 Å². The lowest BCUT2D eigenvalue weighted by Gasteiger charge is -2.40. The van der Waals surface area contributed by atoms with Gasteiger partial charge in [0.25, 0.3) is 5.91 Å². The van der Waals surface area contributed by atoms with Crippen molar-refractivity contribution in [2.24, 2.45) is 0 Å². The number of benzene rings is 1. The fourth-order valence-electron chi connectivity index (χ4n) is 3.79. The van der Waals surface area contributed by atoms with E-state index in [0.717, 1.165) is 17.8 Å². The van der Waals surface area contributed by atoms with E-state index in [9.17, 15) is 9.90 Å². The fraction of sp³-hybridized carbons (Fsp3) is 0.500. The number of hydrogen-bond donors (Lipinski definition) is 2. The van der Waals surface area contributed by atoms with Crippen molar-refractivity contribution in [3.8, 4) is 11.5 Å². The Bertz CT molecular complexity index is 796. The van der Waals surface area contributed by atoms with Gasteiger partial charge in [0, 0.05) is 37.6 Å². The van der Waals surface area contributed by atoms with E-state index in [1.807, 2.05) is 30.1 Å². The summed E-state index contributed by atoms with van der Waals surface area (Å²) in [6.07, 6.45) is 4.63. The van der Waals surface area contributed by atoms with Crippen LogP contribution >= 0.6 is 0 Å². The Hall–Kier alpha value is -2.58. The van der Waals surface area contributed by atoms with E-state index in [1.54, 1.807) is 31.5 Å². The van der Waals surface area contributed by atoms with Gasteiger partial charge >= 0.3 is 0 Å². The molecule has 1 amide bonds. The molecule has 1 aliphatic rings. The van der Waals surface area contributed by atoms with Crippen LogP contribution in [0.1, 0.15) is 24.2 Å². The van der Waals surface area contributed by atoms with Crippen LogP contribution in [0.5, 0.6) is 11.5 Å². The van der Waals surface area contributed by atoms with Crippen molar-refractivity contribution in [1.82, 2.24) is 19.8 Å². The Kier molecular flexibility index (Phi) is 6.21. The molecular formula is C20H28N4O4. The predicted octanol–water partition coefficient (Wildman–Crippen LogP) is 1.41. The van der Waals surface area contributed by atoms with Crippen molar-refractivity contribution in [2.75, 3.05) is 34.4 Å². The SMILES string of the molecule is COc1cccc(CN2CCCC(O)(CN(C)Cc3ncc[nH]3)C2=O)c1OC. The number of nitrogens with one attached hydrogen (secondary N) is 1. The van der Waals surface area contributed by atoms with Crippen LogP contribution in [0.3, 0.4) is 0 Å². The summed E-state index contributed by atoms with van der Waals surface area (Å²) in [6.45, 7) is 1.75. The van der Waals surface area contributed by atoms with Crippen molar-refractivity contribution in [3.05, 3.63) is 42.0 Å². The molecule has 0 bridgehead atoms. The van der Waals surface area contributed by atoms with E-state index in [1.165, 1.54) is 0 Å². The van der Waals surface area contributed by atoms with E-state index in [0.29, 0.717) is 37.6 Å². The smallest absolute Gasteiger partial charge is 0.256 e. The maximum absolute atomic E-state index is 13.1. The molecule has 1 saturated heterocycles. The molecule has 0 spiro atoms. The third-order valence-electron chi connectivity index (χ3n) is 5.06. The molecule has 1 atom stereocenters. The predicted molar refractivity (Wildman–Crippen MR) is 104 cm³/mol. The van der Waals surface area contributed by atoms with E-state index < -0.39 is 5.60 Å². The van der Waals surface area contributed by atoms with Crippen molar-refractivity contribution in [1.29, 1.82) is 0 Å². The molecule has 1 aromatic carbocycles. The van der Waals surface area contributed by atoms with E-state index >= 15 is 0 Å². The van der Waals surface area contributed by atoms with Crippen LogP contribution in [0.2, 0.25) is 0 Å². The number of H-pyrrole nitrogens is 1. The first-order valence-corrected chi connectivity index (χ1v) is 9.35. The Balaban J connectivity index is 1.71. The van der Waals surface area contributed by atoms with Crippen LogP contribution < -0.4 is 9.47 Å². The monoisotopic (exact) mass is 388 g/mol. The number of aliphatic hydroxyl groups is 1. The highest BCUT2D eigenvalue weighted by Gasteiger charge is 2.43. The molecule has 2 aromatic rings. The summed E-state index contributed by atoms with van der Waals surface area (Å²) >= 11 is 0. The second kappa shape index (κ2) is 8.62. The first-order chi connectivity index (χ1) is 13.5. The Morgan fingerprint density at radius 1 is 1.36 bits per heavy atom. The van der Waals surface area contributed by atoms with Crippen LogP contribution in [-0.2, 0) is 17.9 Å². The van der Waals surface area contributed by atoms with Gasteiger partial charge in [-0.1, -0.05) is 12.1 Å².